The Labute approximate surface area is 472 Å². The third kappa shape index (κ3) is 13.7. The van der Waals surface area contributed by atoms with E-state index in [1.54, 1.807) is 0 Å². The highest BCUT2D eigenvalue weighted by Gasteiger charge is 2.40. The lowest BCUT2D eigenvalue weighted by Crippen LogP contribution is -2.27. The predicted molar refractivity (Wildman–Crippen MR) is 335 cm³/mol. The standard InChI is InChI=1S/C71H100O4P2/c1-44-35-50(64(3,4)5)40-56(68(15,16)17)60(44)72-76(73-61-45(2)36-51(65(6,7)8)41-57(61)69(18,19)20)54-31-27-46(28-32-54)47-29-33-55(34-30-47)77-74-62-48(38-52(66(9,10)11)42-58(62)70(21,22)23)37-49-39-53(67(12,13)14)43-59(63(49)75-77)71(24,25)26/h27-33,35,38-43,51,55H,34,36-37H2,1-26H3. The van der Waals surface area contributed by atoms with Crippen LogP contribution in [0.2, 0.25) is 0 Å². The molecule has 0 bridgehead atoms. The van der Waals surface area contributed by atoms with Gasteiger partial charge in [-0.1, -0.05) is 239 Å². The van der Waals surface area contributed by atoms with E-state index in [0.29, 0.717) is 5.92 Å². The SMILES string of the molecule is CC1=C(OP(Oc2c(C)cc(C(C)(C)C)cc2C(C)(C)C)c2ccc(C3=CCC(P4Oc5c(cc(C(C)(C)C)cc5C(C)(C)C)Cc5cc(C(C)(C)C)cc(C(C)(C)C)c5O4)C=C3)cc2)C(C(C)(C)C)=CC(C(C)(C)C)C1. The van der Waals surface area contributed by atoms with Gasteiger partial charge in [-0.3, -0.25) is 0 Å². The molecule has 3 unspecified atom stereocenters. The molecule has 3 atom stereocenters. The number of aryl methyl sites for hydroxylation is 1. The third-order valence-corrected chi connectivity index (χ3v) is 19.0. The summed E-state index contributed by atoms with van der Waals surface area (Å²) in [5.74, 6) is 4.31. The third-order valence-electron chi connectivity index (χ3n) is 15.9. The molecule has 0 aromatic heterocycles. The molecular weight excluding hydrogens is 979 g/mol. The highest BCUT2D eigenvalue weighted by molar-refractivity contribution is 7.56. The largest absolute Gasteiger partial charge is 0.438 e. The van der Waals surface area contributed by atoms with Gasteiger partial charge in [0.1, 0.15) is 23.0 Å². The molecule has 3 aliphatic rings. The van der Waals surface area contributed by atoms with Gasteiger partial charge in [-0.05, 0) is 144 Å². The fourth-order valence-corrected chi connectivity index (χ4v) is 13.6. The smallest absolute Gasteiger partial charge is 0.326 e. The van der Waals surface area contributed by atoms with Gasteiger partial charge in [0.05, 0.1) is 11.0 Å². The molecule has 0 amide bonds. The molecule has 0 radical (unpaired) electrons. The van der Waals surface area contributed by atoms with Gasteiger partial charge < -0.3 is 18.1 Å². The van der Waals surface area contributed by atoms with E-state index >= 15 is 0 Å². The summed E-state index contributed by atoms with van der Waals surface area (Å²) in [6.07, 6.45) is 12.0. The lowest BCUT2D eigenvalue weighted by Gasteiger charge is -2.38. The Morgan fingerprint density at radius 2 is 1.00 bits per heavy atom. The van der Waals surface area contributed by atoms with Crippen molar-refractivity contribution in [3.05, 3.63) is 158 Å². The van der Waals surface area contributed by atoms with Crippen LogP contribution in [-0.4, -0.2) is 5.66 Å². The maximum Gasteiger partial charge on any atom is 0.326 e. The molecule has 1 aliphatic heterocycles. The summed E-state index contributed by atoms with van der Waals surface area (Å²) < 4.78 is 29.8. The summed E-state index contributed by atoms with van der Waals surface area (Å²) in [6, 6.07) is 23.4. The minimum absolute atomic E-state index is 0.00578. The second-order valence-electron chi connectivity index (χ2n) is 31.3. The van der Waals surface area contributed by atoms with Crippen LogP contribution in [0, 0.1) is 23.7 Å². The summed E-state index contributed by atoms with van der Waals surface area (Å²) >= 11 is 0. The second-order valence-corrected chi connectivity index (χ2v) is 34.3. The van der Waals surface area contributed by atoms with Crippen molar-refractivity contribution in [1.29, 1.82) is 0 Å². The Balaban J connectivity index is 1.29. The number of hydrogen-bond donors (Lipinski definition) is 0. The lowest BCUT2D eigenvalue weighted by atomic mass is 9.70. The van der Waals surface area contributed by atoms with Crippen molar-refractivity contribution in [2.45, 2.75) is 237 Å². The maximum atomic E-state index is 7.47. The monoisotopic (exact) mass is 1080 g/mol. The van der Waals surface area contributed by atoms with E-state index in [-0.39, 0.29) is 49.0 Å². The Bertz CT molecular complexity index is 2890. The van der Waals surface area contributed by atoms with E-state index < -0.39 is 16.8 Å². The van der Waals surface area contributed by atoms with Gasteiger partial charge in [0.15, 0.2) is 0 Å². The van der Waals surface area contributed by atoms with E-state index in [9.17, 15) is 0 Å². The second kappa shape index (κ2) is 21.1. The first-order chi connectivity index (χ1) is 35.0. The number of allylic oxidation sites excluding steroid dienone is 7. The molecule has 2 aliphatic carbocycles. The molecule has 0 saturated carbocycles. The Morgan fingerprint density at radius 3 is 1.42 bits per heavy atom. The van der Waals surface area contributed by atoms with Crippen LogP contribution in [-0.2, 0) is 43.4 Å². The molecule has 418 valence electrons. The summed E-state index contributed by atoms with van der Waals surface area (Å²) in [5, 5.41) is 1.04. The Kier molecular flexibility index (Phi) is 16.6. The zero-order valence-electron chi connectivity index (χ0n) is 52.9. The molecule has 4 aromatic carbocycles. The highest BCUT2D eigenvalue weighted by Crippen LogP contribution is 2.57. The highest BCUT2D eigenvalue weighted by atomic mass is 31.2. The van der Waals surface area contributed by atoms with Crippen LogP contribution in [0.25, 0.3) is 5.57 Å². The average Bonchev–Trinajstić information content (AvgIpc) is 3.26. The summed E-state index contributed by atoms with van der Waals surface area (Å²) in [5.41, 5.74) is 15.7. The topological polar surface area (TPSA) is 36.9 Å². The van der Waals surface area contributed by atoms with Crippen LogP contribution in [0.5, 0.6) is 17.2 Å². The zero-order valence-corrected chi connectivity index (χ0v) is 54.7. The maximum absolute atomic E-state index is 7.47. The zero-order chi connectivity index (χ0) is 57.6. The van der Waals surface area contributed by atoms with Crippen molar-refractivity contribution < 1.29 is 18.1 Å². The van der Waals surface area contributed by atoms with E-state index in [4.69, 9.17) is 18.1 Å². The van der Waals surface area contributed by atoms with Crippen LogP contribution < -0.4 is 18.9 Å². The molecule has 4 nitrogen and oxygen atoms in total. The van der Waals surface area contributed by atoms with Gasteiger partial charge in [0.25, 0.3) is 8.38 Å². The minimum atomic E-state index is -1.61. The van der Waals surface area contributed by atoms with Gasteiger partial charge in [-0.2, -0.15) is 0 Å². The molecule has 0 fully saturated rings. The van der Waals surface area contributed by atoms with Crippen LogP contribution in [0.1, 0.15) is 242 Å². The molecule has 1 heterocycles. The normalized spacial score (nSPS) is 18.8. The number of hydrogen-bond acceptors (Lipinski definition) is 4. The molecule has 0 saturated heterocycles. The van der Waals surface area contributed by atoms with Gasteiger partial charge in [-0.25, -0.2) is 0 Å². The fourth-order valence-electron chi connectivity index (χ4n) is 10.6. The Hall–Kier alpha value is -4.10. The van der Waals surface area contributed by atoms with Crippen LogP contribution in [0.15, 0.2) is 102 Å². The molecule has 6 heteroatoms. The summed E-state index contributed by atoms with van der Waals surface area (Å²) in [7, 11) is -3.08. The van der Waals surface area contributed by atoms with Crippen molar-refractivity contribution >= 4 is 27.6 Å². The van der Waals surface area contributed by atoms with Crippen LogP contribution >= 0.6 is 16.8 Å². The molecular formula is C71H100O4P2. The summed E-state index contributed by atoms with van der Waals surface area (Å²) in [6.45, 7) is 60.1. The quantitative estimate of drug-likeness (QED) is 0.173. The van der Waals surface area contributed by atoms with Gasteiger partial charge in [0.2, 0.25) is 0 Å². The van der Waals surface area contributed by atoms with E-state index in [1.807, 2.05) is 0 Å². The van der Waals surface area contributed by atoms with Crippen molar-refractivity contribution in [2.75, 3.05) is 0 Å². The summed E-state index contributed by atoms with van der Waals surface area (Å²) in [4.78, 5) is 0. The molecule has 77 heavy (non-hydrogen) atoms. The van der Waals surface area contributed by atoms with Gasteiger partial charge >= 0.3 is 8.38 Å². The van der Waals surface area contributed by atoms with E-state index in [1.165, 1.54) is 61.2 Å². The lowest BCUT2D eigenvalue weighted by molar-refractivity contribution is 0.271. The van der Waals surface area contributed by atoms with Crippen molar-refractivity contribution in [1.82, 2.24) is 0 Å². The van der Waals surface area contributed by atoms with Crippen molar-refractivity contribution in [3.8, 4) is 17.2 Å². The van der Waals surface area contributed by atoms with Crippen LogP contribution in [0.4, 0.5) is 0 Å². The molecule has 4 aromatic rings. The first-order valence-electron chi connectivity index (χ1n) is 28.8. The van der Waals surface area contributed by atoms with E-state index in [0.717, 1.165) is 58.7 Å². The fraction of sp³-hybridized carbons (Fsp3) is 0.549. The molecule has 7 rings (SSSR count). The minimum Gasteiger partial charge on any atom is -0.438 e. The number of benzene rings is 4. The predicted octanol–water partition coefficient (Wildman–Crippen LogP) is 21.2. The number of fused-ring (bicyclic) bond motifs is 2. The number of rotatable bonds is 7. The van der Waals surface area contributed by atoms with Crippen LogP contribution in [0.3, 0.4) is 0 Å². The van der Waals surface area contributed by atoms with E-state index in [2.05, 4.69) is 265 Å². The van der Waals surface area contributed by atoms with Gasteiger partial charge in [-0.15, -0.1) is 0 Å². The first-order valence-corrected chi connectivity index (χ1v) is 31.2. The molecule has 0 spiro atoms. The Morgan fingerprint density at radius 1 is 0.532 bits per heavy atom. The molecule has 0 N–H and O–H groups in total. The van der Waals surface area contributed by atoms with Crippen molar-refractivity contribution in [3.63, 3.8) is 0 Å². The average molecular weight is 1080 g/mol. The van der Waals surface area contributed by atoms with Crippen molar-refractivity contribution in [2.24, 2.45) is 16.7 Å². The van der Waals surface area contributed by atoms with Gasteiger partial charge in [0, 0.05) is 23.1 Å². The first kappa shape index (κ1) is 60.5.